The molecule has 0 N–H and O–H groups in total. The molecule has 2 rings (SSSR count). The van der Waals surface area contributed by atoms with Crippen LogP contribution >= 0.6 is 0 Å². The van der Waals surface area contributed by atoms with E-state index < -0.39 is 0 Å². The smallest absolute Gasteiger partial charge is 0.137 e. The zero-order chi connectivity index (χ0) is 6.10. The standard InChI is InChI=1S/C7H5N2/c1-3-7-8-4-2-6-9(7)5-1/h1-3,5-6H. The minimum absolute atomic E-state index is 0.942. The maximum absolute atomic E-state index is 3.98. The number of fused-ring (bicyclic) bond motifs is 1. The topological polar surface area (TPSA) is 17.3 Å². The van der Waals surface area contributed by atoms with E-state index in [1.165, 1.54) is 0 Å². The van der Waals surface area contributed by atoms with Gasteiger partial charge in [0.1, 0.15) is 5.65 Å². The van der Waals surface area contributed by atoms with E-state index in [-0.39, 0.29) is 0 Å². The largest absolute Gasteiger partial charge is 0.309 e. The summed E-state index contributed by atoms with van der Waals surface area (Å²) in [5.41, 5.74) is 0.942. The van der Waals surface area contributed by atoms with E-state index in [9.17, 15) is 0 Å². The molecule has 2 heterocycles. The third-order valence-electron chi connectivity index (χ3n) is 1.25. The second-order valence-electron chi connectivity index (χ2n) is 1.83. The number of hydrogen-bond donors (Lipinski definition) is 0. The van der Waals surface area contributed by atoms with Crippen molar-refractivity contribution in [1.29, 1.82) is 0 Å². The van der Waals surface area contributed by atoms with Crippen molar-refractivity contribution in [2.45, 2.75) is 0 Å². The van der Waals surface area contributed by atoms with E-state index in [4.69, 9.17) is 0 Å². The molecule has 0 saturated heterocycles. The lowest BCUT2D eigenvalue weighted by atomic mass is 10.6. The van der Waals surface area contributed by atoms with Gasteiger partial charge < -0.3 is 4.40 Å². The fourth-order valence-electron chi connectivity index (χ4n) is 0.822. The summed E-state index contributed by atoms with van der Waals surface area (Å²) >= 11 is 0. The van der Waals surface area contributed by atoms with Gasteiger partial charge in [0.15, 0.2) is 0 Å². The summed E-state index contributed by atoms with van der Waals surface area (Å²) in [5, 5.41) is 0. The van der Waals surface area contributed by atoms with Crippen LogP contribution in [-0.4, -0.2) is 9.38 Å². The lowest BCUT2D eigenvalue weighted by molar-refractivity contribution is 1.13. The number of aromatic nitrogens is 2. The Hall–Kier alpha value is -1.31. The van der Waals surface area contributed by atoms with Gasteiger partial charge in [0, 0.05) is 12.4 Å². The van der Waals surface area contributed by atoms with Crippen LogP contribution in [0.25, 0.3) is 5.65 Å². The van der Waals surface area contributed by atoms with Gasteiger partial charge in [-0.1, -0.05) is 0 Å². The molecule has 0 amide bonds. The molecule has 0 aliphatic rings. The summed E-state index contributed by atoms with van der Waals surface area (Å²) in [4.78, 5) is 3.98. The van der Waals surface area contributed by atoms with Gasteiger partial charge in [0.25, 0.3) is 0 Å². The summed E-state index contributed by atoms with van der Waals surface area (Å²) in [7, 11) is 0. The van der Waals surface area contributed by atoms with Crippen LogP contribution in [0.15, 0.2) is 30.6 Å². The van der Waals surface area contributed by atoms with Gasteiger partial charge in [-0.25, -0.2) is 4.98 Å². The molecule has 2 aromatic heterocycles. The highest BCUT2D eigenvalue weighted by Gasteiger charge is 1.85. The van der Waals surface area contributed by atoms with Crippen molar-refractivity contribution < 1.29 is 0 Å². The van der Waals surface area contributed by atoms with Crippen LogP contribution < -0.4 is 0 Å². The highest BCUT2D eigenvalue weighted by atomic mass is 14.9. The quantitative estimate of drug-likeness (QED) is 0.505. The molecule has 0 aromatic carbocycles. The Morgan fingerprint density at radius 2 is 2.44 bits per heavy atom. The van der Waals surface area contributed by atoms with Crippen molar-refractivity contribution in [3.63, 3.8) is 0 Å². The first-order valence-corrected chi connectivity index (χ1v) is 2.76. The third kappa shape index (κ3) is 0.598. The molecule has 43 valence electrons. The lowest BCUT2D eigenvalue weighted by Crippen LogP contribution is -1.81. The Morgan fingerprint density at radius 1 is 1.44 bits per heavy atom. The zero-order valence-corrected chi connectivity index (χ0v) is 4.78. The van der Waals surface area contributed by atoms with Crippen LogP contribution in [0.3, 0.4) is 0 Å². The molecule has 0 aliphatic carbocycles. The van der Waals surface area contributed by atoms with Crippen molar-refractivity contribution in [2.24, 2.45) is 0 Å². The average Bonchev–Trinajstić information content (AvgIpc) is 2.33. The van der Waals surface area contributed by atoms with Gasteiger partial charge >= 0.3 is 0 Å². The molecular formula is C7H5N2. The van der Waals surface area contributed by atoms with Crippen molar-refractivity contribution in [3.8, 4) is 0 Å². The second-order valence-corrected chi connectivity index (χ2v) is 1.83. The van der Waals surface area contributed by atoms with Crippen LogP contribution in [0.5, 0.6) is 0 Å². The van der Waals surface area contributed by atoms with E-state index in [1.807, 2.05) is 28.9 Å². The summed E-state index contributed by atoms with van der Waals surface area (Å²) in [6.45, 7) is 0. The molecule has 9 heavy (non-hydrogen) atoms. The summed E-state index contributed by atoms with van der Waals surface area (Å²) in [5.74, 6) is 0. The Bertz CT molecular complexity index is 281. The molecule has 2 heteroatoms. The average molecular weight is 117 g/mol. The molecule has 0 atom stereocenters. The fraction of sp³-hybridized carbons (Fsp3) is 0. The zero-order valence-electron chi connectivity index (χ0n) is 4.78. The van der Waals surface area contributed by atoms with Gasteiger partial charge in [-0.3, -0.25) is 0 Å². The van der Waals surface area contributed by atoms with Crippen LogP contribution in [0.1, 0.15) is 0 Å². The highest BCUT2D eigenvalue weighted by Crippen LogP contribution is 1.96. The normalized spacial score (nSPS) is 10.2. The molecule has 0 fully saturated rings. The Morgan fingerprint density at radius 3 is 3.33 bits per heavy atom. The van der Waals surface area contributed by atoms with Crippen LogP contribution in [0, 0.1) is 6.20 Å². The minimum atomic E-state index is 0.942. The van der Waals surface area contributed by atoms with Gasteiger partial charge in [-0.15, -0.1) is 0 Å². The summed E-state index contributed by atoms with van der Waals surface area (Å²) < 4.78 is 1.94. The highest BCUT2D eigenvalue weighted by molar-refractivity contribution is 5.37. The first-order valence-electron chi connectivity index (χ1n) is 2.76. The van der Waals surface area contributed by atoms with Crippen molar-refractivity contribution >= 4 is 5.65 Å². The molecule has 2 aromatic rings. The predicted octanol–water partition coefficient (Wildman–Crippen LogP) is 1.13. The number of rotatable bonds is 0. The minimum Gasteiger partial charge on any atom is -0.309 e. The van der Waals surface area contributed by atoms with Gasteiger partial charge in [0.2, 0.25) is 0 Å². The van der Waals surface area contributed by atoms with Crippen LogP contribution in [0.4, 0.5) is 0 Å². The molecule has 1 radical (unpaired) electrons. The lowest BCUT2D eigenvalue weighted by Gasteiger charge is -1.87. The van der Waals surface area contributed by atoms with Gasteiger partial charge in [-0.2, -0.15) is 0 Å². The van der Waals surface area contributed by atoms with Gasteiger partial charge in [0.05, 0.1) is 6.20 Å². The van der Waals surface area contributed by atoms with Crippen molar-refractivity contribution in [1.82, 2.24) is 9.38 Å². The maximum Gasteiger partial charge on any atom is 0.137 e. The molecule has 2 nitrogen and oxygen atoms in total. The van der Waals surface area contributed by atoms with Gasteiger partial charge in [-0.05, 0) is 18.2 Å². The molecule has 0 unspecified atom stereocenters. The summed E-state index contributed by atoms with van der Waals surface area (Å²) in [6, 6.07) is 5.68. The van der Waals surface area contributed by atoms with Crippen LogP contribution in [0.2, 0.25) is 0 Å². The van der Waals surface area contributed by atoms with E-state index in [0.29, 0.717) is 0 Å². The first kappa shape index (κ1) is 4.56. The van der Waals surface area contributed by atoms with Crippen molar-refractivity contribution in [3.05, 3.63) is 36.8 Å². The molecule has 0 spiro atoms. The second kappa shape index (κ2) is 1.58. The number of hydrogen-bond acceptors (Lipinski definition) is 1. The predicted molar refractivity (Wildman–Crippen MR) is 34.0 cm³/mol. The monoisotopic (exact) mass is 117 g/mol. The molecule has 0 aliphatic heterocycles. The Balaban J connectivity index is 2.95. The van der Waals surface area contributed by atoms with E-state index in [0.717, 1.165) is 5.65 Å². The Labute approximate surface area is 52.8 Å². The number of nitrogens with zero attached hydrogens (tertiary/aromatic N) is 2. The van der Waals surface area contributed by atoms with Crippen molar-refractivity contribution in [2.75, 3.05) is 0 Å². The SMILES string of the molecule is [c]1ccn2cccc2n1. The molecule has 0 saturated carbocycles. The Kier molecular flexibility index (Phi) is 0.803. The fourth-order valence-corrected chi connectivity index (χ4v) is 0.822. The van der Waals surface area contributed by atoms with Crippen LogP contribution in [-0.2, 0) is 0 Å². The molecular weight excluding hydrogens is 112 g/mol. The third-order valence-corrected chi connectivity index (χ3v) is 1.25. The molecule has 0 bridgehead atoms. The maximum atomic E-state index is 3.98. The van der Waals surface area contributed by atoms with E-state index >= 15 is 0 Å². The van der Waals surface area contributed by atoms with E-state index in [1.54, 1.807) is 6.07 Å². The summed E-state index contributed by atoms with van der Waals surface area (Å²) in [6.07, 6.45) is 6.62. The van der Waals surface area contributed by atoms with E-state index in [2.05, 4.69) is 11.2 Å². The first-order chi connectivity index (χ1) is 4.47.